The number of rotatable bonds is 11. The lowest BCUT2D eigenvalue weighted by molar-refractivity contribution is -0.462. The molecule has 0 aromatic carbocycles. The molecule has 0 spiro atoms. The minimum Gasteiger partial charge on any atom is -0.478 e. The van der Waals surface area contributed by atoms with Gasteiger partial charge in [0.05, 0.1) is 18.3 Å². The van der Waals surface area contributed by atoms with Crippen molar-refractivity contribution in [2.75, 3.05) is 6.61 Å². The molecule has 0 saturated carbocycles. The van der Waals surface area contributed by atoms with Crippen LogP contribution in [0.4, 0.5) is 74.6 Å². The van der Waals surface area contributed by atoms with Gasteiger partial charge in [-0.2, -0.15) is 74.6 Å². The Morgan fingerprint density at radius 1 is 0.722 bits per heavy atom. The third kappa shape index (κ3) is 4.57. The summed E-state index contributed by atoms with van der Waals surface area (Å²) in [5, 5.41) is 8.76. The van der Waals surface area contributed by atoms with Crippen LogP contribution in [0.5, 0.6) is 0 Å². The fraction of sp³-hybridized carbons (Fsp3) is 0.812. The number of carboxylic acids is 1. The number of ether oxygens (including phenoxy) is 1. The van der Waals surface area contributed by atoms with Crippen molar-refractivity contribution in [1.82, 2.24) is 0 Å². The Kier molecular flexibility index (Phi) is 8.07. The molecular weight excluding hydrogens is 563 g/mol. The van der Waals surface area contributed by atoms with Crippen LogP contribution in [0.15, 0.2) is 11.6 Å². The molecular formula is C16H11F17O3. The molecule has 0 amide bonds. The van der Waals surface area contributed by atoms with E-state index < -0.39 is 78.3 Å². The van der Waals surface area contributed by atoms with Gasteiger partial charge in [-0.25, -0.2) is 4.79 Å². The van der Waals surface area contributed by atoms with E-state index in [9.17, 15) is 79.4 Å². The van der Waals surface area contributed by atoms with Crippen molar-refractivity contribution in [3.8, 4) is 0 Å². The molecule has 212 valence electrons. The smallest absolute Gasteiger partial charge is 0.460 e. The van der Waals surface area contributed by atoms with Gasteiger partial charge in [0.25, 0.3) is 0 Å². The Hall–Kier alpha value is -2.02. The Balaban J connectivity index is 3.30. The lowest BCUT2D eigenvalue weighted by Gasteiger charge is -2.42. The number of allylic oxidation sites excluding steroid dienone is 1. The number of alkyl halides is 17. The molecule has 0 heterocycles. The van der Waals surface area contributed by atoms with Gasteiger partial charge in [0.2, 0.25) is 0 Å². The van der Waals surface area contributed by atoms with Crippen molar-refractivity contribution in [2.45, 2.75) is 73.0 Å². The fourth-order valence-electron chi connectivity index (χ4n) is 2.76. The Morgan fingerprint density at radius 2 is 1.11 bits per heavy atom. The van der Waals surface area contributed by atoms with Gasteiger partial charge in [-0.1, -0.05) is 6.08 Å². The van der Waals surface area contributed by atoms with Crippen LogP contribution in [-0.2, 0) is 9.53 Å². The molecule has 0 fully saturated rings. The van der Waals surface area contributed by atoms with Crippen molar-refractivity contribution in [3.05, 3.63) is 11.6 Å². The zero-order valence-corrected chi connectivity index (χ0v) is 16.7. The zero-order valence-electron chi connectivity index (χ0n) is 16.7. The largest absolute Gasteiger partial charge is 0.478 e. The summed E-state index contributed by atoms with van der Waals surface area (Å²) in [7, 11) is 0. The molecule has 0 radical (unpaired) electrons. The summed E-state index contributed by atoms with van der Waals surface area (Å²) in [6.45, 7) is -1.84. The van der Waals surface area contributed by atoms with E-state index >= 15 is 0 Å². The highest BCUT2D eigenvalue weighted by Gasteiger charge is 2.95. The van der Waals surface area contributed by atoms with Crippen molar-refractivity contribution in [1.29, 1.82) is 0 Å². The quantitative estimate of drug-likeness (QED) is 0.284. The molecule has 1 aliphatic rings. The Labute approximate surface area is 187 Å². The van der Waals surface area contributed by atoms with Gasteiger partial charge in [-0.05, 0) is 12.8 Å². The van der Waals surface area contributed by atoms with E-state index in [1.165, 1.54) is 0 Å². The molecule has 0 saturated heterocycles. The highest BCUT2D eigenvalue weighted by Crippen LogP contribution is 2.64. The van der Waals surface area contributed by atoms with Crippen molar-refractivity contribution in [3.63, 3.8) is 0 Å². The summed E-state index contributed by atoms with van der Waals surface area (Å²) >= 11 is 0. The SMILES string of the molecule is O=C(O)C1=CCCC1OCCC(F)(F)C(F)(F)C(F)(F)C(F)(F)C(F)(F)C(F)(F)C(F)(F)C(F)(F)F. The van der Waals surface area contributed by atoms with E-state index in [0.717, 1.165) is 6.08 Å². The van der Waals surface area contributed by atoms with Crippen LogP contribution in [0.3, 0.4) is 0 Å². The van der Waals surface area contributed by atoms with Gasteiger partial charge in [0, 0.05) is 6.42 Å². The van der Waals surface area contributed by atoms with Gasteiger partial charge < -0.3 is 9.84 Å². The minimum absolute atomic E-state index is 0.0605. The minimum atomic E-state index is -8.68. The van der Waals surface area contributed by atoms with E-state index in [1.54, 1.807) is 0 Å². The second-order valence-corrected chi connectivity index (χ2v) is 7.30. The number of carboxylic acid groups (broad SMARTS) is 1. The first kappa shape index (κ1) is 32.0. The third-order valence-corrected chi connectivity index (χ3v) is 4.91. The van der Waals surface area contributed by atoms with Crippen molar-refractivity contribution >= 4 is 5.97 Å². The van der Waals surface area contributed by atoms with Crippen molar-refractivity contribution in [2.24, 2.45) is 0 Å². The van der Waals surface area contributed by atoms with Crippen LogP contribution in [0.25, 0.3) is 0 Å². The number of hydrogen-bond acceptors (Lipinski definition) is 2. The van der Waals surface area contributed by atoms with E-state index in [2.05, 4.69) is 4.74 Å². The molecule has 1 aliphatic carbocycles. The summed E-state index contributed by atoms with van der Waals surface area (Å²) < 4.78 is 228. The number of halogens is 17. The second kappa shape index (κ2) is 9.07. The molecule has 20 heteroatoms. The lowest BCUT2D eigenvalue weighted by atomic mass is 9.88. The number of hydrogen-bond donors (Lipinski definition) is 1. The first-order valence-corrected chi connectivity index (χ1v) is 8.91. The maximum atomic E-state index is 13.7. The molecule has 1 atom stereocenters. The summed E-state index contributed by atoms with van der Waals surface area (Å²) in [4.78, 5) is 10.8. The first-order chi connectivity index (χ1) is 15.6. The molecule has 0 aromatic rings. The van der Waals surface area contributed by atoms with Crippen LogP contribution in [0.1, 0.15) is 19.3 Å². The predicted octanol–water partition coefficient (Wildman–Crippen LogP) is 6.58. The average molecular weight is 574 g/mol. The number of carbonyl (C=O) groups is 1. The summed E-state index contributed by atoms with van der Waals surface area (Å²) in [6, 6.07) is 0. The Bertz CT molecular complexity index is 858. The molecule has 0 bridgehead atoms. The Morgan fingerprint density at radius 3 is 1.50 bits per heavy atom. The second-order valence-electron chi connectivity index (χ2n) is 7.30. The standard InChI is InChI=1S/C16H11F17O3/c17-9(18,4-5-36-7-3-1-2-6(7)8(34)35)10(19,20)11(21,22)12(23,24)13(25,26)14(27,28)15(29,30)16(31,32)33/h2,7H,1,3-5H2,(H,34,35). The van der Waals surface area contributed by atoms with E-state index in [-0.39, 0.29) is 12.8 Å². The number of aliphatic carboxylic acids is 1. The van der Waals surface area contributed by atoms with Gasteiger partial charge >= 0.3 is 53.6 Å². The fourth-order valence-corrected chi connectivity index (χ4v) is 2.76. The van der Waals surface area contributed by atoms with E-state index in [4.69, 9.17) is 5.11 Å². The lowest BCUT2D eigenvalue weighted by Crippen LogP contribution is -2.74. The maximum absolute atomic E-state index is 13.7. The molecule has 3 nitrogen and oxygen atoms in total. The summed E-state index contributed by atoms with van der Waals surface area (Å²) in [5.74, 6) is -58.5. The summed E-state index contributed by atoms with van der Waals surface area (Å²) in [5.41, 5.74) is -0.616. The predicted molar refractivity (Wildman–Crippen MR) is 80.0 cm³/mol. The summed E-state index contributed by atoms with van der Waals surface area (Å²) in [6.07, 6.45) is -11.5. The topological polar surface area (TPSA) is 46.5 Å². The van der Waals surface area contributed by atoms with Crippen molar-refractivity contribution < 1.29 is 89.3 Å². The molecule has 1 unspecified atom stereocenters. The first-order valence-electron chi connectivity index (χ1n) is 8.91. The molecule has 0 aromatic heterocycles. The van der Waals surface area contributed by atoms with Crippen LogP contribution in [-0.4, -0.2) is 71.4 Å². The van der Waals surface area contributed by atoms with E-state index in [1.807, 2.05) is 0 Å². The van der Waals surface area contributed by atoms with Gasteiger partial charge in [-0.3, -0.25) is 0 Å². The van der Waals surface area contributed by atoms with Crippen LogP contribution >= 0.6 is 0 Å². The van der Waals surface area contributed by atoms with Crippen LogP contribution < -0.4 is 0 Å². The molecule has 1 rings (SSSR count). The van der Waals surface area contributed by atoms with Gasteiger partial charge in [0.15, 0.2) is 0 Å². The third-order valence-electron chi connectivity index (χ3n) is 4.91. The van der Waals surface area contributed by atoms with Gasteiger partial charge in [-0.15, -0.1) is 0 Å². The normalized spacial score (nSPS) is 19.5. The zero-order chi connectivity index (χ0) is 29.0. The molecule has 36 heavy (non-hydrogen) atoms. The highest BCUT2D eigenvalue weighted by molar-refractivity contribution is 5.88. The molecule has 1 N–H and O–H groups in total. The monoisotopic (exact) mass is 574 g/mol. The highest BCUT2D eigenvalue weighted by atomic mass is 19.4. The average Bonchev–Trinajstić information content (AvgIpc) is 3.14. The van der Waals surface area contributed by atoms with Crippen LogP contribution in [0, 0.1) is 0 Å². The van der Waals surface area contributed by atoms with Crippen LogP contribution in [0.2, 0.25) is 0 Å². The maximum Gasteiger partial charge on any atom is 0.460 e. The van der Waals surface area contributed by atoms with Gasteiger partial charge in [0.1, 0.15) is 0 Å². The molecule has 0 aliphatic heterocycles. The van der Waals surface area contributed by atoms with E-state index in [0.29, 0.717) is 0 Å².